The maximum atomic E-state index is 12.1. The number of carbonyl (C=O) groups is 2. The molecule has 0 aromatic heterocycles. The molecule has 0 fully saturated rings. The van der Waals surface area contributed by atoms with Gasteiger partial charge < -0.3 is 15.8 Å². The van der Waals surface area contributed by atoms with E-state index in [0.29, 0.717) is 16.4 Å². The Balaban J connectivity index is 1.56. The number of ether oxygens (including phenoxy) is 1. The molecule has 0 atom stereocenters. The molecule has 0 heterocycles. The lowest BCUT2D eigenvalue weighted by Crippen LogP contribution is -2.21. The van der Waals surface area contributed by atoms with Gasteiger partial charge in [0.1, 0.15) is 5.75 Å². The van der Waals surface area contributed by atoms with Crippen LogP contribution in [0.25, 0.3) is 0 Å². The summed E-state index contributed by atoms with van der Waals surface area (Å²) in [5, 5.41) is 11.3. The molecule has 0 aliphatic carbocycles. The Morgan fingerprint density at radius 2 is 1.59 bits per heavy atom. The summed E-state index contributed by atoms with van der Waals surface area (Å²) in [6.07, 6.45) is 0. The van der Waals surface area contributed by atoms with E-state index in [1.165, 1.54) is 12.1 Å². The highest BCUT2D eigenvalue weighted by Gasteiger charge is 2.12. The molecule has 0 saturated carbocycles. The number of azo groups is 1. The Labute approximate surface area is 172 Å². The van der Waals surface area contributed by atoms with Crippen molar-refractivity contribution in [2.75, 3.05) is 11.9 Å². The number of halogens is 1. The van der Waals surface area contributed by atoms with Crippen molar-refractivity contribution in [2.45, 2.75) is 0 Å². The monoisotopic (exact) mass is 408 g/mol. The van der Waals surface area contributed by atoms with Crippen LogP contribution in [0.3, 0.4) is 0 Å². The van der Waals surface area contributed by atoms with Gasteiger partial charge in [0.15, 0.2) is 6.61 Å². The molecule has 146 valence electrons. The van der Waals surface area contributed by atoms with Gasteiger partial charge in [0.05, 0.1) is 16.9 Å². The van der Waals surface area contributed by atoms with Crippen LogP contribution in [0.15, 0.2) is 83.0 Å². The molecule has 0 aliphatic heterocycles. The van der Waals surface area contributed by atoms with Crippen LogP contribution in [0.4, 0.5) is 17.1 Å². The lowest BCUT2D eigenvalue weighted by Gasteiger charge is -2.10. The Morgan fingerprint density at radius 1 is 0.931 bits per heavy atom. The first-order chi connectivity index (χ1) is 14.0. The quantitative estimate of drug-likeness (QED) is 0.544. The topological polar surface area (TPSA) is 106 Å². The molecule has 0 saturated heterocycles. The molecule has 0 aliphatic rings. The van der Waals surface area contributed by atoms with Crippen LogP contribution in [-0.4, -0.2) is 18.4 Å². The third-order valence-electron chi connectivity index (χ3n) is 3.75. The van der Waals surface area contributed by atoms with Crippen molar-refractivity contribution < 1.29 is 14.3 Å². The predicted octanol–water partition coefficient (Wildman–Crippen LogP) is 4.87. The second-order valence-corrected chi connectivity index (χ2v) is 6.36. The molecular formula is C21H17ClN4O3. The molecule has 8 heteroatoms. The van der Waals surface area contributed by atoms with Crippen molar-refractivity contribution in [3.05, 3.63) is 83.4 Å². The molecule has 29 heavy (non-hydrogen) atoms. The van der Waals surface area contributed by atoms with E-state index in [1.54, 1.807) is 30.3 Å². The largest absolute Gasteiger partial charge is 0.483 e. The minimum atomic E-state index is -0.692. The van der Waals surface area contributed by atoms with Crippen molar-refractivity contribution in [3.63, 3.8) is 0 Å². The molecule has 7 nitrogen and oxygen atoms in total. The number of nitrogens with two attached hydrogens (primary N) is 1. The molecule has 3 aromatic rings. The number of nitrogens with zero attached hydrogens (tertiary/aromatic N) is 2. The van der Waals surface area contributed by atoms with Gasteiger partial charge in [0, 0.05) is 10.7 Å². The summed E-state index contributed by atoms with van der Waals surface area (Å²) < 4.78 is 5.39. The standard InChI is InChI=1S/C21H17ClN4O3/c22-14-6-11-19(18(12-14)21(23)28)29-13-20(27)24-15-7-9-17(10-8-15)26-25-16-4-2-1-3-5-16/h1-12H,13H2,(H2,23,28)(H,24,27). The Kier molecular flexibility index (Phi) is 6.55. The Hall–Kier alpha value is -3.71. The van der Waals surface area contributed by atoms with Crippen LogP contribution in [0.2, 0.25) is 5.02 Å². The minimum Gasteiger partial charge on any atom is -0.483 e. The third kappa shape index (κ3) is 5.88. The van der Waals surface area contributed by atoms with Gasteiger partial charge in [-0.25, -0.2) is 0 Å². The van der Waals surface area contributed by atoms with E-state index in [2.05, 4.69) is 15.5 Å². The van der Waals surface area contributed by atoms with Crippen LogP contribution in [0, 0.1) is 0 Å². The van der Waals surface area contributed by atoms with Gasteiger partial charge in [-0.3, -0.25) is 9.59 Å². The van der Waals surface area contributed by atoms with E-state index in [0.717, 1.165) is 5.69 Å². The van der Waals surface area contributed by atoms with Crippen molar-refractivity contribution >= 4 is 40.5 Å². The zero-order valence-electron chi connectivity index (χ0n) is 15.2. The van der Waals surface area contributed by atoms with E-state index < -0.39 is 11.8 Å². The van der Waals surface area contributed by atoms with E-state index in [4.69, 9.17) is 22.1 Å². The molecule has 3 N–H and O–H groups in total. The normalized spacial score (nSPS) is 10.7. The van der Waals surface area contributed by atoms with Gasteiger partial charge in [0.2, 0.25) is 0 Å². The van der Waals surface area contributed by atoms with E-state index in [-0.39, 0.29) is 17.9 Å². The van der Waals surface area contributed by atoms with Gasteiger partial charge >= 0.3 is 0 Å². The summed E-state index contributed by atoms with van der Waals surface area (Å²) in [4.78, 5) is 23.6. The molecule has 0 bridgehead atoms. The highest BCUT2D eigenvalue weighted by atomic mass is 35.5. The first kappa shape index (κ1) is 20.0. The molecule has 0 radical (unpaired) electrons. The van der Waals surface area contributed by atoms with E-state index >= 15 is 0 Å². The fourth-order valence-electron chi connectivity index (χ4n) is 2.38. The van der Waals surface area contributed by atoms with Gasteiger partial charge in [0.25, 0.3) is 11.8 Å². The third-order valence-corrected chi connectivity index (χ3v) is 3.99. The van der Waals surface area contributed by atoms with Crippen LogP contribution < -0.4 is 15.8 Å². The highest BCUT2D eigenvalue weighted by molar-refractivity contribution is 6.31. The lowest BCUT2D eigenvalue weighted by molar-refractivity contribution is -0.118. The summed E-state index contributed by atoms with van der Waals surface area (Å²) in [6, 6.07) is 20.7. The zero-order valence-corrected chi connectivity index (χ0v) is 16.0. The van der Waals surface area contributed by atoms with Gasteiger partial charge in [-0.15, -0.1) is 0 Å². The second kappa shape index (κ2) is 9.48. The van der Waals surface area contributed by atoms with Crippen LogP contribution in [-0.2, 0) is 4.79 Å². The fraction of sp³-hybridized carbons (Fsp3) is 0.0476. The number of hydrogen-bond donors (Lipinski definition) is 2. The van der Waals surface area contributed by atoms with E-state index in [1.807, 2.05) is 30.3 Å². The first-order valence-corrected chi connectivity index (χ1v) is 8.98. The molecule has 2 amide bonds. The smallest absolute Gasteiger partial charge is 0.262 e. The molecule has 0 spiro atoms. The summed E-state index contributed by atoms with van der Waals surface area (Å²) in [5.74, 6) is -0.897. The number of rotatable bonds is 7. The van der Waals surface area contributed by atoms with Crippen LogP contribution in [0.1, 0.15) is 10.4 Å². The zero-order chi connectivity index (χ0) is 20.6. The number of anilines is 1. The Morgan fingerprint density at radius 3 is 2.24 bits per heavy atom. The Bertz CT molecular complexity index is 1040. The van der Waals surface area contributed by atoms with Crippen molar-refractivity contribution in [2.24, 2.45) is 16.0 Å². The fourth-order valence-corrected chi connectivity index (χ4v) is 2.55. The van der Waals surface area contributed by atoms with Crippen LogP contribution >= 0.6 is 11.6 Å². The second-order valence-electron chi connectivity index (χ2n) is 5.92. The summed E-state index contributed by atoms with van der Waals surface area (Å²) >= 11 is 5.84. The molecule has 0 unspecified atom stereocenters. The van der Waals surface area contributed by atoms with Crippen LogP contribution in [0.5, 0.6) is 5.75 Å². The molecular weight excluding hydrogens is 392 g/mol. The molecule has 3 aromatic carbocycles. The van der Waals surface area contributed by atoms with Gasteiger partial charge in [-0.2, -0.15) is 10.2 Å². The van der Waals surface area contributed by atoms with Crippen molar-refractivity contribution in [1.29, 1.82) is 0 Å². The SMILES string of the molecule is NC(=O)c1cc(Cl)ccc1OCC(=O)Nc1ccc(N=Nc2ccccc2)cc1. The summed E-state index contributed by atoms with van der Waals surface area (Å²) in [5.41, 5.74) is 7.38. The summed E-state index contributed by atoms with van der Waals surface area (Å²) in [7, 11) is 0. The number of amides is 2. The number of hydrogen-bond acceptors (Lipinski definition) is 5. The summed E-state index contributed by atoms with van der Waals surface area (Å²) in [6.45, 7) is -0.294. The average molecular weight is 409 g/mol. The number of primary amides is 1. The predicted molar refractivity (Wildman–Crippen MR) is 111 cm³/mol. The average Bonchev–Trinajstić information content (AvgIpc) is 2.73. The van der Waals surface area contributed by atoms with Crippen molar-refractivity contribution in [3.8, 4) is 5.75 Å². The first-order valence-electron chi connectivity index (χ1n) is 8.60. The maximum absolute atomic E-state index is 12.1. The van der Waals surface area contributed by atoms with Gasteiger partial charge in [-0.05, 0) is 54.6 Å². The number of carbonyl (C=O) groups excluding carboxylic acids is 2. The lowest BCUT2D eigenvalue weighted by atomic mass is 10.2. The highest BCUT2D eigenvalue weighted by Crippen LogP contribution is 2.23. The van der Waals surface area contributed by atoms with Gasteiger partial charge in [-0.1, -0.05) is 29.8 Å². The van der Waals surface area contributed by atoms with Crippen molar-refractivity contribution in [1.82, 2.24) is 0 Å². The van der Waals surface area contributed by atoms with E-state index in [9.17, 15) is 9.59 Å². The minimum absolute atomic E-state index is 0.110. The number of nitrogens with one attached hydrogen (secondary N) is 1. The maximum Gasteiger partial charge on any atom is 0.262 e. The molecule has 3 rings (SSSR count). The number of benzene rings is 3.